The van der Waals surface area contributed by atoms with E-state index in [0.29, 0.717) is 30.8 Å². The molecule has 0 spiro atoms. The first-order chi connectivity index (χ1) is 16.0. The number of fused-ring (bicyclic) bond motifs is 5. The highest BCUT2D eigenvalue weighted by molar-refractivity contribution is 7.98. The first-order valence-electron chi connectivity index (χ1n) is 11.9. The van der Waals surface area contributed by atoms with E-state index in [4.69, 9.17) is 19.7 Å². The van der Waals surface area contributed by atoms with E-state index in [2.05, 4.69) is 27.7 Å². The summed E-state index contributed by atoms with van der Waals surface area (Å²) < 4.78 is 7.16. The fourth-order valence-electron chi connectivity index (χ4n) is 4.65. The molecule has 0 radical (unpaired) electrons. The summed E-state index contributed by atoms with van der Waals surface area (Å²) in [6, 6.07) is 0. The van der Waals surface area contributed by atoms with Crippen molar-refractivity contribution in [2.45, 2.75) is 84.0 Å². The van der Waals surface area contributed by atoms with Crippen molar-refractivity contribution in [2.75, 3.05) is 24.2 Å². The summed E-state index contributed by atoms with van der Waals surface area (Å²) in [5.74, 6) is 1.24. The molecule has 3 aromatic rings. The summed E-state index contributed by atoms with van der Waals surface area (Å²) in [6.07, 6.45) is 2.56. The van der Waals surface area contributed by atoms with Gasteiger partial charge in [-0.25, -0.2) is 15.0 Å². The number of aliphatic hydroxyl groups excluding tert-OH is 2. The van der Waals surface area contributed by atoms with Gasteiger partial charge in [-0.05, 0) is 51.9 Å². The molecule has 1 aliphatic heterocycles. The predicted molar refractivity (Wildman–Crippen MR) is 141 cm³/mol. The normalized spacial score (nSPS) is 17.4. The number of aliphatic hydroxyl groups is 2. The van der Waals surface area contributed by atoms with Crippen molar-refractivity contribution in [3.05, 3.63) is 16.8 Å². The van der Waals surface area contributed by atoms with Gasteiger partial charge in [0, 0.05) is 36.2 Å². The molecule has 0 amide bonds. The molecule has 186 valence electrons. The Labute approximate surface area is 210 Å². The Morgan fingerprint density at radius 3 is 2.32 bits per heavy atom. The molecule has 0 saturated heterocycles. The first-order valence-corrected chi connectivity index (χ1v) is 14.0. The molecule has 0 aromatic carbocycles. The number of anilines is 1. The number of hydrogen-bond donors (Lipinski definition) is 2. The van der Waals surface area contributed by atoms with Crippen LogP contribution in [0.5, 0.6) is 0 Å². The van der Waals surface area contributed by atoms with E-state index in [9.17, 15) is 10.2 Å². The van der Waals surface area contributed by atoms with E-state index >= 15 is 0 Å². The molecular formula is C25H36N4O3S2. The highest BCUT2D eigenvalue weighted by Gasteiger charge is 2.32. The minimum atomic E-state index is -0.558. The van der Waals surface area contributed by atoms with Crippen LogP contribution in [0.3, 0.4) is 0 Å². The van der Waals surface area contributed by atoms with Crippen molar-refractivity contribution in [2.24, 2.45) is 5.92 Å². The van der Waals surface area contributed by atoms with Crippen LogP contribution in [0.2, 0.25) is 0 Å². The van der Waals surface area contributed by atoms with Gasteiger partial charge in [0.25, 0.3) is 0 Å². The van der Waals surface area contributed by atoms with Crippen molar-refractivity contribution in [1.82, 2.24) is 15.0 Å². The summed E-state index contributed by atoms with van der Waals surface area (Å²) in [7, 11) is 0. The van der Waals surface area contributed by atoms with Gasteiger partial charge in [0.2, 0.25) is 0 Å². The Morgan fingerprint density at radius 2 is 1.74 bits per heavy atom. The number of rotatable bonds is 8. The Hall–Kier alpha value is -1.52. The van der Waals surface area contributed by atoms with E-state index in [1.165, 1.54) is 22.9 Å². The molecule has 0 fully saturated rings. The van der Waals surface area contributed by atoms with Crippen molar-refractivity contribution < 1.29 is 14.9 Å². The zero-order chi connectivity index (χ0) is 24.8. The number of hydrogen-bond acceptors (Lipinski definition) is 9. The third-order valence-electron chi connectivity index (χ3n) is 5.99. The number of pyridine rings is 1. The number of aromatic nitrogens is 3. The van der Waals surface area contributed by atoms with Crippen LogP contribution >= 0.6 is 23.1 Å². The molecule has 3 aromatic heterocycles. The largest absolute Gasteiger partial charge is 0.392 e. The van der Waals surface area contributed by atoms with Gasteiger partial charge >= 0.3 is 0 Å². The highest BCUT2D eigenvalue weighted by Crippen LogP contribution is 2.44. The molecule has 2 atom stereocenters. The number of thiophene rings is 1. The van der Waals surface area contributed by atoms with Gasteiger partial charge in [-0.2, -0.15) is 0 Å². The molecule has 4 heterocycles. The van der Waals surface area contributed by atoms with Gasteiger partial charge in [-0.1, -0.05) is 25.6 Å². The van der Waals surface area contributed by atoms with Crippen LogP contribution in [0.25, 0.3) is 20.4 Å². The predicted octanol–water partition coefficient (Wildman–Crippen LogP) is 4.58. The Morgan fingerprint density at radius 1 is 1.06 bits per heavy atom. The Kier molecular flexibility index (Phi) is 7.41. The molecular weight excluding hydrogens is 468 g/mol. The van der Waals surface area contributed by atoms with Gasteiger partial charge in [-0.3, -0.25) is 0 Å². The molecule has 0 bridgehead atoms. The van der Waals surface area contributed by atoms with E-state index < -0.39 is 12.2 Å². The lowest BCUT2D eigenvalue weighted by atomic mass is 9.88. The molecule has 7 nitrogen and oxygen atoms in total. The lowest BCUT2D eigenvalue weighted by Gasteiger charge is -2.33. The van der Waals surface area contributed by atoms with Crippen LogP contribution < -0.4 is 4.90 Å². The molecule has 0 aliphatic carbocycles. The second kappa shape index (κ2) is 9.85. The van der Waals surface area contributed by atoms with Crippen LogP contribution in [0.15, 0.2) is 5.16 Å². The van der Waals surface area contributed by atoms with Crippen molar-refractivity contribution in [1.29, 1.82) is 0 Å². The quantitative estimate of drug-likeness (QED) is 0.340. The van der Waals surface area contributed by atoms with Crippen LogP contribution in [0, 0.1) is 5.92 Å². The summed E-state index contributed by atoms with van der Waals surface area (Å²) >= 11 is 3.11. The van der Waals surface area contributed by atoms with Gasteiger partial charge in [0.1, 0.15) is 4.83 Å². The van der Waals surface area contributed by atoms with Gasteiger partial charge < -0.3 is 19.8 Å². The van der Waals surface area contributed by atoms with Crippen molar-refractivity contribution >= 4 is 49.3 Å². The van der Waals surface area contributed by atoms with Gasteiger partial charge in [-0.15, -0.1) is 11.3 Å². The minimum absolute atomic E-state index is 0.256. The summed E-state index contributed by atoms with van der Waals surface area (Å²) in [5.41, 5.74) is 4.26. The number of nitrogens with zero attached hydrogens (tertiary/aromatic N) is 4. The van der Waals surface area contributed by atoms with Crippen LogP contribution in [-0.4, -0.2) is 62.3 Å². The fourth-order valence-corrected chi connectivity index (χ4v) is 6.20. The maximum absolute atomic E-state index is 10.2. The maximum Gasteiger partial charge on any atom is 0.189 e. The summed E-state index contributed by atoms with van der Waals surface area (Å²) in [5, 5.41) is 22.1. The topological polar surface area (TPSA) is 91.6 Å². The molecule has 2 unspecified atom stereocenters. The SMILES string of the molecule is CSc1nc(N(CC(C)O)CC(C)O)c2sc3nc(CC(C)C)c4c(c3c2n1)CC(C)(C)OC4. The van der Waals surface area contributed by atoms with Crippen LogP contribution in [-0.2, 0) is 24.2 Å². The van der Waals surface area contributed by atoms with Crippen molar-refractivity contribution in [3.8, 4) is 0 Å². The minimum Gasteiger partial charge on any atom is -0.392 e. The Balaban J connectivity index is 2.03. The molecule has 1 aliphatic rings. The van der Waals surface area contributed by atoms with Gasteiger partial charge in [0.05, 0.1) is 34.6 Å². The zero-order valence-corrected chi connectivity index (χ0v) is 22.8. The fraction of sp³-hybridized carbons (Fsp3) is 0.640. The van der Waals surface area contributed by atoms with Crippen LogP contribution in [0.1, 0.15) is 58.4 Å². The molecule has 2 N–H and O–H groups in total. The summed E-state index contributed by atoms with van der Waals surface area (Å²) in [4.78, 5) is 17.9. The highest BCUT2D eigenvalue weighted by atomic mass is 32.2. The lowest BCUT2D eigenvalue weighted by Crippen LogP contribution is -2.37. The van der Waals surface area contributed by atoms with Gasteiger partial charge in [0.15, 0.2) is 11.0 Å². The maximum atomic E-state index is 10.2. The second-order valence-corrected chi connectivity index (χ2v) is 12.2. The van der Waals surface area contributed by atoms with Crippen LogP contribution in [0.4, 0.5) is 5.82 Å². The average Bonchev–Trinajstić information content (AvgIpc) is 3.08. The lowest BCUT2D eigenvalue weighted by molar-refractivity contribution is -0.0402. The number of thioether (sulfide) groups is 1. The summed E-state index contributed by atoms with van der Waals surface area (Å²) in [6.45, 7) is 13.5. The van der Waals surface area contributed by atoms with Crippen molar-refractivity contribution in [3.63, 3.8) is 0 Å². The van der Waals surface area contributed by atoms with E-state index in [1.54, 1.807) is 25.2 Å². The standard InChI is InChI=1S/C25H36N4O3S2/c1-13(2)8-18-17-12-32-25(5,6)9-16(17)19-20-21(34-23(19)26-18)22(28-24(27-20)33-7)29(10-14(3)30)11-15(4)31/h13-15,30-31H,8-12H2,1-7H3. The zero-order valence-electron chi connectivity index (χ0n) is 21.2. The molecule has 0 saturated carbocycles. The number of ether oxygens (including phenoxy) is 1. The third-order valence-corrected chi connectivity index (χ3v) is 7.61. The Bertz CT molecular complexity index is 1180. The van der Waals surface area contributed by atoms with E-state index in [0.717, 1.165) is 44.8 Å². The average molecular weight is 505 g/mol. The first kappa shape index (κ1) is 25.6. The molecule has 9 heteroatoms. The smallest absolute Gasteiger partial charge is 0.189 e. The van der Waals surface area contributed by atoms with E-state index in [1.807, 2.05) is 11.2 Å². The molecule has 34 heavy (non-hydrogen) atoms. The van der Waals surface area contributed by atoms with E-state index in [-0.39, 0.29) is 5.60 Å². The third kappa shape index (κ3) is 5.18. The molecule has 4 rings (SSSR count). The monoisotopic (exact) mass is 504 g/mol. The second-order valence-electron chi connectivity index (χ2n) is 10.4.